The molecule has 0 aliphatic rings. The second kappa shape index (κ2) is 6.24. The van der Waals surface area contributed by atoms with Gasteiger partial charge in [0.05, 0.1) is 11.5 Å². The lowest BCUT2D eigenvalue weighted by atomic mass is 10.2. The van der Waals surface area contributed by atoms with Crippen LogP contribution in [0.25, 0.3) is 0 Å². The maximum Gasteiger partial charge on any atom is 0.243 e. The number of halogens is 1. The summed E-state index contributed by atoms with van der Waals surface area (Å²) < 4.78 is 26.2. The highest BCUT2D eigenvalue weighted by Crippen LogP contribution is 2.23. The number of aliphatic hydroxyl groups is 1. The molecule has 1 N–H and O–H groups in total. The number of hydrogen-bond donors (Lipinski definition) is 1. The molecule has 108 valence electrons. The molecule has 1 heterocycles. The number of thiophene rings is 1. The molecule has 7 heteroatoms. The third-order valence-corrected chi connectivity index (χ3v) is 5.78. The van der Waals surface area contributed by atoms with Gasteiger partial charge in [-0.1, -0.05) is 11.6 Å². The minimum Gasteiger partial charge on any atom is -0.392 e. The molecule has 2 aromatic rings. The molecule has 0 aliphatic carbocycles. The van der Waals surface area contributed by atoms with Crippen LogP contribution in [0.1, 0.15) is 11.1 Å². The van der Waals surface area contributed by atoms with Crippen molar-refractivity contribution in [1.29, 1.82) is 0 Å². The highest BCUT2D eigenvalue weighted by atomic mass is 35.5. The number of aliphatic hydroxyl groups excluding tert-OH is 1. The zero-order valence-corrected chi connectivity index (χ0v) is 13.2. The summed E-state index contributed by atoms with van der Waals surface area (Å²) in [4.78, 5) is 0.128. The van der Waals surface area contributed by atoms with Gasteiger partial charge in [0.15, 0.2) is 0 Å². The molecule has 0 radical (unpaired) electrons. The minimum absolute atomic E-state index is 0.128. The Labute approximate surface area is 127 Å². The molecule has 0 saturated carbocycles. The average Bonchev–Trinajstić information content (AvgIpc) is 2.91. The zero-order valence-electron chi connectivity index (χ0n) is 10.8. The van der Waals surface area contributed by atoms with E-state index in [9.17, 15) is 8.42 Å². The van der Waals surface area contributed by atoms with Crippen molar-refractivity contribution >= 4 is 33.0 Å². The Kier molecular flexibility index (Phi) is 4.82. The van der Waals surface area contributed by atoms with Crippen LogP contribution < -0.4 is 0 Å². The summed E-state index contributed by atoms with van der Waals surface area (Å²) in [6.45, 7) is 0.0133. The molecule has 0 amide bonds. The summed E-state index contributed by atoms with van der Waals surface area (Å²) in [7, 11) is -2.07. The van der Waals surface area contributed by atoms with Gasteiger partial charge in [-0.25, -0.2) is 8.42 Å². The van der Waals surface area contributed by atoms with Crippen LogP contribution in [0.5, 0.6) is 0 Å². The number of rotatable bonds is 5. The summed E-state index contributed by atoms with van der Waals surface area (Å²) in [5, 5.41) is 13.3. The van der Waals surface area contributed by atoms with Crippen molar-refractivity contribution < 1.29 is 13.5 Å². The Morgan fingerprint density at radius 3 is 2.70 bits per heavy atom. The van der Waals surface area contributed by atoms with Crippen molar-refractivity contribution in [3.8, 4) is 0 Å². The fourth-order valence-corrected chi connectivity index (χ4v) is 3.78. The SMILES string of the molecule is CN(Cc1ccsc1)S(=O)(=O)c1ccc(Cl)c(CO)c1. The molecular weight excluding hydrogens is 318 g/mol. The molecule has 0 saturated heterocycles. The lowest BCUT2D eigenvalue weighted by Crippen LogP contribution is -2.26. The van der Waals surface area contributed by atoms with Gasteiger partial charge in [-0.2, -0.15) is 15.6 Å². The molecular formula is C13H14ClNO3S2. The van der Waals surface area contributed by atoms with Crippen LogP contribution in [0.15, 0.2) is 39.9 Å². The fourth-order valence-electron chi connectivity index (χ4n) is 1.74. The lowest BCUT2D eigenvalue weighted by Gasteiger charge is -2.17. The molecule has 0 fully saturated rings. The monoisotopic (exact) mass is 331 g/mol. The molecule has 2 rings (SSSR count). The topological polar surface area (TPSA) is 57.6 Å². The lowest BCUT2D eigenvalue weighted by molar-refractivity contribution is 0.281. The van der Waals surface area contributed by atoms with Gasteiger partial charge in [-0.05, 0) is 46.2 Å². The predicted octanol–water partition coefficient (Wildman–Crippen LogP) is 2.71. The van der Waals surface area contributed by atoms with Crippen LogP contribution in [0, 0.1) is 0 Å². The highest BCUT2D eigenvalue weighted by Gasteiger charge is 2.21. The van der Waals surface area contributed by atoms with Gasteiger partial charge in [-0.15, -0.1) is 0 Å². The Morgan fingerprint density at radius 2 is 2.10 bits per heavy atom. The largest absolute Gasteiger partial charge is 0.392 e. The van der Waals surface area contributed by atoms with Crippen LogP contribution in [0.3, 0.4) is 0 Å². The van der Waals surface area contributed by atoms with E-state index in [4.69, 9.17) is 16.7 Å². The van der Waals surface area contributed by atoms with Crippen molar-refractivity contribution in [2.45, 2.75) is 18.0 Å². The van der Waals surface area contributed by atoms with Crippen molar-refractivity contribution in [3.05, 3.63) is 51.2 Å². The molecule has 1 aromatic heterocycles. The molecule has 0 bridgehead atoms. The van der Waals surface area contributed by atoms with Gasteiger partial charge in [0, 0.05) is 18.6 Å². The number of sulfonamides is 1. The highest BCUT2D eigenvalue weighted by molar-refractivity contribution is 7.89. The summed E-state index contributed by atoms with van der Waals surface area (Å²) in [5.41, 5.74) is 1.34. The number of benzene rings is 1. The van der Waals surface area contributed by atoms with Crippen LogP contribution in [-0.4, -0.2) is 24.9 Å². The van der Waals surface area contributed by atoms with Gasteiger partial charge < -0.3 is 5.11 Å². The van der Waals surface area contributed by atoms with E-state index in [-0.39, 0.29) is 11.5 Å². The maximum absolute atomic E-state index is 12.4. The van der Waals surface area contributed by atoms with Crippen LogP contribution in [0.4, 0.5) is 0 Å². The van der Waals surface area contributed by atoms with Crippen LogP contribution in [0.2, 0.25) is 5.02 Å². The van der Waals surface area contributed by atoms with Gasteiger partial charge in [0.25, 0.3) is 0 Å². The Balaban J connectivity index is 2.29. The quantitative estimate of drug-likeness (QED) is 0.916. The second-order valence-corrected chi connectivity index (χ2v) is 7.54. The van der Waals surface area contributed by atoms with E-state index in [2.05, 4.69) is 0 Å². The van der Waals surface area contributed by atoms with E-state index in [0.717, 1.165) is 5.56 Å². The summed E-state index contributed by atoms with van der Waals surface area (Å²) in [5.74, 6) is 0. The Hall–Kier alpha value is -0.920. The van der Waals surface area contributed by atoms with Gasteiger partial charge in [0.1, 0.15) is 0 Å². The fraction of sp³-hybridized carbons (Fsp3) is 0.231. The molecule has 0 spiro atoms. The van der Waals surface area contributed by atoms with E-state index in [1.165, 1.54) is 40.9 Å². The average molecular weight is 332 g/mol. The van der Waals surface area contributed by atoms with Crippen molar-refractivity contribution in [2.24, 2.45) is 0 Å². The number of hydrogen-bond acceptors (Lipinski definition) is 4. The first-order valence-corrected chi connectivity index (χ1v) is 8.58. The maximum atomic E-state index is 12.4. The predicted molar refractivity (Wildman–Crippen MR) is 80.3 cm³/mol. The van der Waals surface area contributed by atoms with E-state index in [1.54, 1.807) is 0 Å². The van der Waals surface area contributed by atoms with Gasteiger partial charge in [-0.3, -0.25) is 0 Å². The summed E-state index contributed by atoms with van der Waals surface area (Å²) in [6.07, 6.45) is 0. The molecule has 0 aliphatic heterocycles. The summed E-state index contributed by atoms with van der Waals surface area (Å²) in [6, 6.07) is 6.22. The first kappa shape index (κ1) is 15.5. The normalized spacial score (nSPS) is 12.0. The van der Waals surface area contributed by atoms with E-state index >= 15 is 0 Å². The van der Waals surface area contributed by atoms with Crippen LogP contribution >= 0.6 is 22.9 Å². The number of nitrogens with zero attached hydrogens (tertiary/aromatic N) is 1. The Bertz CT molecular complexity index is 684. The molecule has 20 heavy (non-hydrogen) atoms. The Morgan fingerprint density at radius 1 is 1.35 bits per heavy atom. The van der Waals surface area contributed by atoms with Crippen molar-refractivity contribution in [3.63, 3.8) is 0 Å². The first-order chi connectivity index (χ1) is 9.45. The molecule has 0 atom stereocenters. The van der Waals surface area contributed by atoms with E-state index in [1.807, 2.05) is 16.8 Å². The van der Waals surface area contributed by atoms with Crippen molar-refractivity contribution in [1.82, 2.24) is 4.31 Å². The van der Waals surface area contributed by atoms with E-state index < -0.39 is 10.0 Å². The standard InChI is InChI=1S/C13H14ClNO3S2/c1-15(7-10-4-5-19-9-10)20(17,18)12-2-3-13(14)11(6-12)8-16/h2-6,9,16H,7-8H2,1H3. The molecule has 1 aromatic carbocycles. The first-order valence-electron chi connectivity index (χ1n) is 5.82. The third kappa shape index (κ3) is 3.21. The zero-order chi connectivity index (χ0) is 14.8. The van der Waals surface area contributed by atoms with Crippen LogP contribution in [-0.2, 0) is 23.2 Å². The summed E-state index contributed by atoms with van der Waals surface area (Å²) >= 11 is 7.40. The smallest absolute Gasteiger partial charge is 0.243 e. The second-order valence-electron chi connectivity index (χ2n) is 4.30. The van der Waals surface area contributed by atoms with Gasteiger partial charge >= 0.3 is 0 Å². The van der Waals surface area contributed by atoms with E-state index in [0.29, 0.717) is 17.1 Å². The molecule has 4 nitrogen and oxygen atoms in total. The third-order valence-electron chi connectivity index (χ3n) is 2.88. The van der Waals surface area contributed by atoms with Crippen molar-refractivity contribution in [2.75, 3.05) is 7.05 Å². The molecule has 0 unspecified atom stereocenters. The minimum atomic E-state index is -3.60. The van der Waals surface area contributed by atoms with Gasteiger partial charge in [0.2, 0.25) is 10.0 Å².